The third kappa shape index (κ3) is 13.2. The summed E-state index contributed by atoms with van der Waals surface area (Å²) in [6, 6.07) is 25.2. The van der Waals surface area contributed by atoms with Crippen LogP contribution in [0.2, 0.25) is 20.1 Å². The van der Waals surface area contributed by atoms with E-state index in [-0.39, 0.29) is 23.3 Å². The molecule has 2 N–H and O–H groups in total. The average Bonchev–Trinajstić information content (AvgIpc) is 4.25. The first-order chi connectivity index (χ1) is 35.3. The van der Waals surface area contributed by atoms with Crippen molar-refractivity contribution in [3.63, 3.8) is 0 Å². The maximum atomic E-state index is 14.3. The van der Waals surface area contributed by atoms with E-state index in [4.69, 9.17) is 55.9 Å². The maximum Gasteiger partial charge on any atom is 0.306 e. The van der Waals surface area contributed by atoms with E-state index in [0.29, 0.717) is 42.3 Å². The molecule has 0 bridgehead atoms. The number of benzene rings is 4. The number of aliphatic carboxylic acids is 2. The highest BCUT2D eigenvalue weighted by Crippen LogP contribution is 2.53. The second kappa shape index (κ2) is 22.5. The molecule has 4 fully saturated rings. The van der Waals surface area contributed by atoms with E-state index in [1.165, 1.54) is 13.8 Å². The van der Waals surface area contributed by atoms with Crippen LogP contribution in [0.5, 0.6) is 0 Å². The summed E-state index contributed by atoms with van der Waals surface area (Å²) in [4.78, 5) is 55.6. The van der Waals surface area contributed by atoms with Gasteiger partial charge in [0.1, 0.15) is 12.2 Å². The standard InChI is InChI=1S/2C28H33Cl2NO6S/c2*1-27(2,3)38(35,36)16-22(17-8-9-17)31-24(18-10-12-20(29)13-11-18)25(19-6-5-7-21(30)14-19)37-28(4,26(31)34)15-23(32)33/h2*5-7,10-14,17,22,24-25H,8-9,15-16H2,1-4H3,(H,32,33)/t22-,24-,25-,28+;22-,24-,25-,28-/m11/s1. The van der Waals surface area contributed by atoms with Crippen LogP contribution in [0.3, 0.4) is 0 Å². The van der Waals surface area contributed by atoms with Crippen LogP contribution in [0.1, 0.15) is 140 Å². The first kappa shape index (κ1) is 59.4. The Labute approximate surface area is 466 Å². The summed E-state index contributed by atoms with van der Waals surface area (Å²) in [7, 11) is -7.26. The maximum absolute atomic E-state index is 14.3. The summed E-state index contributed by atoms with van der Waals surface area (Å²) in [5, 5.41) is 21.4. The van der Waals surface area contributed by atoms with Crippen molar-refractivity contribution < 1.29 is 55.7 Å². The van der Waals surface area contributed by atoms with Crippen LogP contribution < -0.4 is 0 Å². The topological polar surface area (TPSA) is 202 Å². The molecule has 4 aliphatic rings. The summed E-state index contributed by atoms with van der Waals surface area (Å²) >= 11 is 25.0. The number of carbonyl (C=O) groups is 4. The van der Waals surface area contributed by atoms with Gasteiger partial charge in [-0.3, -0.25) is 19.2 Å². The number of ether oxygens (including phenoxy) is 2. The molecule has 2 heterocycles. The van der Waals surface area contributed by atoms with Crippen LogP contribution in [0.15, 0.2) is 97.1 Å². The minimum atomic E-state index is -3.63. The van der Waals surface area contributed by atoms with Crippen molar-refractivity contribution in [2.75, 3.05) is 11.5 Å². The Morgan fingerprint density at radius 2 is 0.868 bits per heavy atom. The van der Waals surface area contributed by atoms with Gasteiger partial charge in [0.15, 0.2) is 30.9 Å². The fraction of sp³-hybridized carbons (Fsp3) is 0.500. The number of carbonyl (C=O) groups excluding carboxylic acids is 2. The third-order valence-electron chi connectivity index (χ3n) is 14.8. The third-order valence-corrected chi connectivity index (χ3v) is 21.0. The molecule has 2 amide bonds. The Bertz CT molecular complexity index is 2840. The summed E-state index contributed by atoms with van der Waals surface area (Å²) in [6.45, 7) is 12.8. The molecule has 4 aromatic rings. The molecular formula is C56H66Cl4N2O12S2. The van der Waals surface area contributed by atoms with Crippen LogP contribution in [-0.4, -0.2) is 105 Å². The van der Waals surface area contributed by atoms with E-state index in [0.717, 1.165) is 25.7 Å². The molecule has 4 aromatic carbocycles. The molecule has 2 aliphatic carbocycles. The van der Waals surface area contributed by atoms with Gasteiger partial charge >= 0.3 is 11.9 Å². The van der Waals surface area contributed by atoms with Gasteiger partial charge in [0.25, 0.3) is 11.8 Å². The first-order valence-electron chi connectivity index (χ1n) is 25.2. The minimum Gasteiger partial charge on any atom is -0.481 e. The van der Waals surface area contributed by atoms with Crippen LogP contribution in [-0.2, 0) is 48.3 Å². The van der Waals surface area contributed by atoms with E-state index >= 15 is 0 Å². The van der Waals surface area contributed by atoms with Crippen molar-refractivity contribution in [1.82, 2.24) is 9.80 Å². The lowest BCUT2D eigenvalue weighted by molar-refractivity contribution is -0.206. The molecular weight excluding hydrogens is 1100 g/mol. The average molecular weight is 1170 g/mol. The zero-order chi connectivity index (χ0) is 56.1. The number of hydrogen-bond acceptors (Lipinski definition) is 10. The van der Waals surface area contributed by atoms with Crippen LogP contribution in [0.25, 0.3) is 0 Å². The van der Waals surface area contributed by atoms with E-state index in [9.17, 15) is 46.2 Å². The van der Waals surface area contributed by atoms with Gasteiger partial charge in [-0.05, 0) is 164 Å². The summed E-state index contributed by atoms with van der Waals surface area (Å²) in [5.41, 5.74) is -0.742. The van der Waals surface area contributed by atoms with Crippen molar-refractivity contribution in [3.8, 4) is 0 Å². The molecule has 14 nitrogen and oxygen atoms in total. The lowest BCUT2D eigenvalue weighted by Gasteiger charge is -2.52. The lowest BCUT2D eigenvalue weighted by Crippen LogP contribution is -2.62. The molecule has 0 aromatic heterocycles. The van der Waals surface area contributed by atoms with E-state index in [2.05, 4.69) is 0 Å². The van der Waals surface area contributed by atoms with Crippen LogP contribution in [0, 0.1) is 11.8 Å². The Kier molecular flexibility index (Phi) is 17.6. The van der Waals surface area contributed by atoms with Crippen LogP contribution >= 0.6 is 46.4 Å². The van der Waals surface area contributed by atoms with Crippen molar-refractivity contribution in [2.24, 2.45) is 11.8 Å². The molecule has 0 spiro atoms. The molecule has 412 valence electrons. The number of rotatable bonds is 16. The molecule has 2 aliphatic heterocycles. The van der Waals surface area contributed by atoms with Gasteiger partial charge in [-0.1, -0.05) is 94.9 Å². The largest absolute Gasteiger partial charge is 0.481 e. The molecule has 20 heteroatoms. The van der Waals surface area contributed by atoms with E-state index in [1.54, 1.807) is 136 Å². The number of amides is 2. The molecule has 8 atom stereocenters. The SMILES string of the molecule is CC(C)(C)S(=O)(=O)C[C@H](C1CC1)N1C(=O)[C@@](C)(CC(=O)O)O[C@H](c2cccc(Cl)c2)[C@H]1c1ccc(Cl)cc1.CC(C)(C)S(=O)(=O)C[C@H](C1CC1)N1C(=O)[C@](C)(CC(=O)O)O[C@H](c2cccc(Cl)c2)[C@H]1c1ccc(Cl)cc1. The number of carboxylic acids is 2. The number of halogens is 4. The smallest absolute Gasteiger partial charge is 0.306 e. The van der Waals surface area contributed by atoms with Gasteiger partial charge in [0.2, 0.25) is 0 Å². The Morgan fingerprint density at radius 3 is 1.13 bits per heavy atom. The Balaban J connectivity index is 0.000000221. The second-order valence-electron chi connectivity index (χ2n) is 22.8. The molecule has 0 radical (unpaired) electrons. The molecule has 8 rings (SSSR count). The zero-order valence-electron chi connectivity index (χ0n) is 43.7. The van der Waals surface area contributed by atoms with Gasteiger partial charge in [0.05, 0.1) is 45.9 Å². The Morgan fingerprint density at radius 1 is 0.553 bits per heavy atom. The highest BCUT2D eigenvalue weighted by atomic mass is 35.5. The van der Waals surface area contributed by atoms with Gasteiger partial charge in [0, 0.05) is 32.2 Å². The van der Waals surface area contributed by atoms with Crippen molar-refractivity contribution in [2.45, 2.75) is 151 Å². The fourth-order valence-corrected chi connectivity index (χ4v) is 13.5. The zero-order valence-corrected chi connectivity index (χ0v) is 48.4. The highest BCUT2D eigenvalue weighted by Gasteiger charge is 2.58. The molecule has 2 saturated heterocycles. The molecule has 76 heavy (non-hydrogen) atoms. The van der Waals surface area contributed by atoms with Gasteiger partial charge in [-0.15, -0.1) is 0 Å². The number of nitrogens with zero attached hydrogens (tertiary/aromatic N) is 2. The normalized spacial score (nSPS) is 25.3. The first-order valence-corrected chi connectivity index (χ1v) is 30.0. The molecule has 2 saturated carbocycles. The van der Waals surface area contributed by atoms with Crippen LogP contribution in [0.4, 0.5) is 0 Å². The van der Waals surface area contributed by atoms with Gasteiger partial charge in [-0.2, -0.15) is 0 Å². The Hall–Kier alpha value is -4.26. The fourth-order valence-electron chi connectivity index (χ4n) is 10.1. The quantitative estimate of drug-likeness (QED) is 0.108. The highest BCUT2D eigenvalue weighted by molar-refractivity contribution is 7.93. The van der Waals surface area contributed by atoms with Crippen molar-refractivity contribution in [1.29, 1.82) is 0 Å². The number of carboxylic acid groups (broad SMARTS) is 2. The molecule has 0 unspecified atom stereocenters. The predicted octanol–water partition coefficient (Wildman–Crippen LogP) is 11.7. The second-order valence-corrected chi connectivity index (χ2v) is 30.1. The predicted molar refractivity (Wildman–Crippen MR) is 294 cm³/mol. The van der Waals surface area contributed by atoms with E-state index in [1.807, 2.05) is 12.1 Å². The summed E-state index contributed by atoms with van der Waals surface area (Å²) in [6.07, 6.45) is 0.344. The van der Waals surface area contributed by atoms with Crippen molar-refractivity contribution in [3.05, 3.63) is 139 Å². The van der Waals surface area contributed by atoms with Crippen molar-refractivity contribution >= 4 is 89.8 Å². The number of sulfone groups is 2. The van der Waals surface area contributed by atoms with E-state index < -0.39 is 113 Å². The number of morpholine rings is 2. The minimum absolute atomic E-state index is 0.0296. The summed E-state index contributed by atoms with van der Waals surface area (Å²) < 4.78 is 64.6. The van der Waals surface area contributed by atoms with Gasteiger partial charge in [-0.25, -0.2) is 16.8 Å². The lowest BCUT2D eigenvalue weighted by atomic mass is 9.85. The number of hydrogen-bond donors (Lipinski definition) is 2. The summed E-state index contributed by atoms with van der Waals surface area (Å²) in [5.74, 6) is -4.00. The monoisotopic (exact) mass is 1160 g/mol. The van der Waals surface area contributed by atoms with Gasteiger partial charge < -0.3 is 29.5 Å².